The summed E-state index contributed by atoms with van der Waals surface area (Å²) in [6.45, 7) is -3.62. The molecule has 0 aromatic carbocycles. The molecule has 0 bridgehead atoms. The average Bonchev–Trinajstić information content (AvgIpc) is 0.767. The van der Waals surface area contributed by atoms with Crippen molar-refractivity contribution in [3.63, 3.8) is 0 Å². The third kappa shape index (κ3) is 21.9. The molecule has 6 amide bonds. The lowest BCUT2D eigenvalue weighted by Crippen LogP contribution is -2.71. The summed E-state index contributed by atoms with van der Waals surface area (Å²) in [4.78, 5) is 75.8. The Hall–Kier alpha value is -4.78. The Morgan fingerprint density at radius 1 is 0.220 bits per heavy atom. The lowest BCUT2D eigenvalue weighted by molar-refractivity contribution is -0.394. The van der Waals surface area contributed by atoms with Crippen molar-refractivity contribution in [3.05, 3.63) is 0 Å². The van der Waals surface area contributed by atoms with E-state index >= 15 is 0 Å². The molecule has 9 rings (SSSR count). The van der Waals surface area contributed by atoms with Crippen LogP contribution in [-0.2, 0) is 109 Å². The second-order valence-corrected chi connectivity index (χ2v) is 29.6. The van der Waals surface area contributed by atoms with E-state index in [1.807, 2.05) is 0 Å². The molecular weight excluding hydrogens is 1610 g/mol. The molecule has 45 atom stereocenters. The van der Waals surface area contributed by atoms with E-state index in [1.54, 1.807) is 0 Å². The molecule has 9 aliphatic rings. The first-order valence-corrected chi connectivity index (χ1v) is 37.6. The fourth-order valence-corrected chi connectivity index (χ4v) is 15.3. The van der Waals surface area contributed by atoms with Gasteiger partial charge in [-0.1, -0.05) is 0 Å². The molecule has 9 aliphatic heterocycles. The fraction of sp³-hybridized carbons (Fsp3) is 0.909. The number of nitrogens with one attached hydrogen (secondary N) is 6. The highest BCUT2D eigenvalue weighted by molar-refractivity contribution is 5.75. The molecule has 0 aliphatic carbocycles. The van der Waals surface area contributed by atoms with Crippen LogP contribution < -0.4 is 31.9 Å². The number of rotatable bonds is 31. The van der Waals surface area contributed by atoms with Gasteiger partial charge in [-0.3, -0.25) is 28.8 Å². The quantitative estimate of drug-likeness (QED) is 0.0306. The SMILES string of the molecule is CC(=O)N[C@H]1[C@H](O[C@H]2[C@H](O)[C@@H](NC(C)=O)C(O)O[C@@H]2CO)O[C@H](CO)[C@@H](O[C@@H]2O[C@H](CO)[C@@H](O)[C@H](O[C@H]3O[C@H](CO)[C@@H](O)[C@H](O)[C@@H]3O[C@@H]3O[C@H](CO)[C@@H](O[C@@H]4O[C@H](CO[C@H]5O[C@H](CO)[C@@H](O)[C@H](O)[C@@H]5O[C@@H]5O[C@H](CO)[C@@H](O[C@@H]6O[C@H](CO)[C@H](O)[C@H](O)[C@H]6NC(C)=O)[C@H](O)[C@H]5NC(C)=O)[C@H](O)[C@H](O)[C@H]4NC(C)=O)[C@H](O)[C@H]3NC(C)=O)[C@@H]2O)[C@@H]1O. The predicted octanol–water partition coefficient (Wildman–Crippen LogP) is -19.8. The first-order chi connectivity index (χ1) is 55.8. The van der Waals surface area contributed by atoms with Crippen molar-refractivity contribution in [1.82, 2.24) is 31.9 Å². The molecule has 9 heterocycles. The van der Waals surface area contributed by atoms with Crippen molar-refractivity contribution >= 4 is 35.4 Å². The molecule has 0 spiro atoms. The third-order valence-electron chi connectivity index (χ3n) is 21.2. The molecule has 118 heavy (non-hydrogen) atoms. The number of hydrogen-bond donors (Lipinski definition) is 29. The smallest absolute Gasteiger partial charge is 0.217 e. The molecule has 0 radical (unpaired) electrons. The van der Waals surface area contributed by atoms with Crippen LogP contribution in [0.2, 0.25) is 0 Å². The van der Waals surface area contributed by atoms with Crippen LogP contribution in [0.25, 0.3) is 0 Å². The highest BCUT2D eigenvalue weighted by Gasteiger charge is 2.61. The summed E-state index contributed by atoms with van der Waals surface area (Å²) in [5.41, 5.74) is 0. The van der Waals surface area contributed by atoms with Gasteiger partial charge < -0.3 is 230 Å². The van der Waals surface area contributed by atoms with E-state index in [4.69, 9.17) is 80.5 Å². The minimum absolute atomic E-state index is 0.747. The highest BCUT2D eigenvalue weighted by atomic mass is 16.8. The Kier molecular flexibility index (Phi) is 35.1. The first-order valence-electron chi connectivity index (χ1n) is 37.6. The predicted molar refractivity (Wildman–Crippen MR) is 367 cm³/mol. The monoisotopic (exact) mass is 1720 g/mol. The molecule has 0 aromatic heterocycles. The van der Waals surface area contributed by atoms with E-state index < -0.39 is 371 Å². The van der Waals surface area contributed by atoms with Crippen LogP contribution in [0.3, 0.4) is 0 Å². The summed E-state index contributed by atoms with van der Waals surface area (Å²) in [6.07, 6.45) is -78.4. The number of hydrogen-bond acceptors (Lipinski definition) is 46. The van der Waals surface area contributed by atoms with Gasteiger partial charge in [0.2, 0.25) is 35.4 Å². The van der Waals surface area contributed by atoms with Crippen molar-refractivity contribution in [1.29, 1.82) is 0 Å². The molecule has 9 fully saturated rings. The number of amides is 6. The van der Waals surface area contributed by atoms with E-state index in [-0.39, 0.29) is 0 Å². The summed E-state index contributed by atoms with van der Waals surface area (Å²) >= 11 is 0. The summed E-state index contributed by atoms with van der Waals surface area (Å²) in [7, 11) is 0. The van der Waals surface area contributed by atoms with Crippen molar-refractivity contribution in [2.45, 2.75) is 318 Å². The molecule has 680 valence electrons. The molecule has 0 saturated carbocycles. The van der Waals surface area contributed by atoms with Crippen LogP contribution in [0.5, 0.6) is 0 Å². The van der Waals surface area contributed by atoms with Crippen LogP contribution in [0.4, 0.5) is 0 Å². The molecule has 52 nitrogen and oxygen atoms in total. The zero-order chi connectivity index (χ0) is 87.1. The van der Waals surface area contributed by atoms with Gasteiger partial charge in [0.15, 0.2) is 56.6 Å². The van der Waals surface area contributed by atoms with Gasteiger partial charge in [0, 0.05) is 41.5 Å². The lowest BCUT2D eigenvalue weighted by Gasteiger charge is -2.51. The largest absolute Gasteiger partial charge is 0.394 e. The molecular formula is C66H110N6O46. The van der Waals surface area contributed by atoms with Crippen molar-refractivity contribution in [2.24, 2.45) is 0 Å². The average molecular weight is 1720 g/mol. The van der Waals surface area contributed by atoms with Crippen LogP contribution in [0.1, 0.15) is 41.5 Å². The summed E-state index contributed by atoms with van der Waals surface area (Å²) in [5, 5.41) is 271. The maximum Gasteiger partial charge on any atom is 0.217 e. The zero-order valence-corrected chi connectivity index (χ0v) is 64.0. The van der Waals surface area contributed by atoms with E-state index in [9.17, 15) is 146 Å². The third-order valence-corrected chi connectivity index (χ3v) is 21.2. The van der Waals surface area contributed by atoms with Gasteiger partial charge in [0.25, 0.3) is 0 Å². The fourth-order valence-electron chi connectivity index (χ4n) is 15.3. The highest BCUT2D eigenvalue weighted by Crippen LogP contribution is 2.40. The number of ether oxygens (including phenoxy) is 17. The Labute approximate surface area is 669 Å². The Morgan fingerprint density at radius 3 is 0.797 bits per heavy atom. The maximum absolute atomic E-state index is 13.2. The Morgan fingerprint density at radius 2 is 0.449 bits per heavy atom. The van der Waals surface area contributed by atoms with Crippen molar-refractivity contribution in [2.75, 3.05) is 59.5 Å². The Balaban J connectivity index is 0.931. The normalized spacial score (nSPS) is 46.9. The molecule has 1 unspecified atom stereocenters. The van der Waals surface area contributed by atoms with Gasteiger partial charge in [0.05, 0.1) is 59.5 Å². The Bertz CT molecular complexity index is 3230. The minimum atomic E-state index is -2.38. The number of aliphatic hydroxyl groups is 23. The molecule has 52 heteroatoms. The van der Waals surface area contributed by atoms with Gasteiger partial charge in [-0.2, -0.15) is 0 Å². The van der Waals surface area contributed by atoms with Crippen LogP contribution in [0, 0.1) is 0 Å². The van der Waals surface area contributed by atoms with Gasteiger partial charge in [-0.25, -0.2) is 0 Å². The number of carbonyl (C=O) groups is 6. The van der Waals surface area contributed by atoms with Crippen LogP contribution in [-0.4, -0.2) is 488 Å². The lowest BCUT2D eigenvalue weighted by atomic mass is 9.93. The van der Waals surface area contributed by atoms with Crippen LogP contribution in [0.15, 0.2) is 0 Å². The topological polar surface area (TPSA) is 797 Å². The van der Waals surface area contributed by atoms with E-state index in [0.29, 0.717) is 0 Å². The van der Waals surface area contributed by atoms with E-state index in [1.165, 1.54) is 0 Å². The molecule has 29 N–H and O–H groups in total. The van der Waals surface area contributed by atoms with Crippen LogP contribution >= 0.6 is 0 Å². The van der Waals surface area contributed by atoms with Crippen molar-refractivity contribution in [3.8, 4) is 0 Å². The number of aliphatic hydroxyl groups excluding tert-OH is 23. The second kappa shape index (κ2) is 42.7. The van der Waals surface area contributed by atoms with E-state index in [0.717, 1.165) is 41.5 Å². The van der Waals surface area contributed by atoms with E-state index in [2.05, 4.69) is 31.9 Å². The molecule has 0 aromatic rings. The van der Waals surface area contributed by atoms with Gasteiger partial charge in [-0.05, 0) is 0 Å². The number of carbonyl (C=O) groups excluding carboxylic acids is 6. The van der Waals surface area contributed by atoms with Gasteiger partial charge in [0.1, 0.15) is 219 Å². The summed E-state index contributed by atoms with van der Waals surface area (Å²) < 4.78 is 101. The first kappa shape index (κ1) is 97.0. The second-order valence-electron chi connectivity index (χ2n) is 29.6. The minimum Gasteiger partial charge on any atom is -0.394 e. The molecule has 9 saturated heterocycles. The summed E-state index contributed by atoms with van der Waals surface area (Å²) in [6, 6.07) is -10.7. The summed E-state index contributed by atoms with van der Waals surface area (Å²) in [5.74, 6) is -5.18. The van der Waals surface area contributed by atoms with Gasteiger partial charge >= 0.3 is 0 Å². The zero-order valence-electron chi connectivity index (χ0n) is 64.0. The van der Waals surface area contributed by atoms with Crippen molar-refractivity contribution < 1.29 is 227 Å². The van der Waals surface area contributed by atoms with Gasteiger partial charge in [-0.15, -0.1) is 0 Å². The maximum atomic E-state index is 13.2. The standard InChI is InChI=1S/C66H110N6O46/c1-16(81)67-31-44(94)51(26(11-77)103-58(31)101)112-61-34(70-19(4)84)47(97)54(29(14-80)108-61)115-64-50(100)55(41(91)25(10-76)105-64)116-66-57(49(99)39(89)24(9-75)107-66)118-63-36(72-21(6)86)46(96)53(28(13-79)110-63)114-60-33(69-18(3)83)43(93)40(90)30(111-60)15-102-65-56(48(98)38(88)23(8-74)106-65)117-62-35(71-20(5)85)45(95)52(27(12-78)109-62)113-59-32(68-17(2)82)42(92)37(87)22(7-73)104-59/h22-66,73-80,87-101H,7-15H2,1-6H3,(H,67,81)(H,68,82)(H,69,83)(H,70,84)(H,71,85)(H,72,86)/t22-,23-,24-,25-,26-,27-,28-,29-,30-,31-,32-,33-,34-,35-,36-,37+,38-,39-,40+,41-,42-,43-,44-,45-,46-,47-,48+,49+,50+,51-,52-,53-,54-,55+,56+,57+,58?,59+,60+,61+,62+,63+,64+,65+,66-/m1/s1.